The lowest BCUT2D eigenvalue weighted by molar-refractivity contribution is 0.102. The minimum Gasteiger partial charge on any atom is -0.371 e. The molecular formula is C23H23FN8O. The summed E-state index contributed by atoms with van der Waals surface area (Å²) >= 11 is 0. The summed E-state index contributed by atoms with van der Waals surface area (Å²) in [6.45, 7) is 1.81. The van der Waals surface area contributed by atoms with Crippen molar-refractivity contribution in [1.29, 1.82) is 5.26 Å². The summed E-state index contributed by atoms with van der Waals surface area (Å²) in [4.78, 5) is 27.7. The minimum atomic E-state index is -0.373. The number of hydrogen-bond donors (Lipinski definition) is 3. The Labute approximate surface area is 190 Å². The molecule has 168 valence electrons. The highest BCUT2D eigenvalue weighted by molar-refractivity contribution is 6.08. The lowest BCUT2D eigenvalue weighted by atomic mass is 10.0. The molecule has 3 aromatic rings. The number of amides is 1. The van der Waals surface area contributed by atoms with Crippen LogP contribution in [0.1, 0.15) is 28.9 Å². The van der Waals surface area contributed by atoms with Gasteiger partial charge in [-0.3, -0.25) is 4.79 Å². The van der Waals surface area contributed by atoms with Crippen LogP contribution in [0, 0.1) is 17.1 Å². The second kappa shape index (κ2) is 10.0. The number of nitrogens with zero attached hydrogens (tertiary/aromatic N) is 5. The van der Waals surface area contributed by atoms with Gasteiger partial charge in [0, 0.05) is 31.0 Å². The largest absolute Gasteiger partial charge is 0.371 e. The van der Waals surface area contributed by atoms with Crippen molar-refractivity contribution in [2.45, 2.75) is 18.9 Å². The molecule has 1 aliphatic rings. The van der Waals surface area contributed by atoms with Crippen LogP contribution >= 0.6 is 0 Å². The number of piperidine rings is 1. The van der Waals surface area contributed by atoms with Crippen molar-refractivity contribution >= 4 is 28.9 Å². The Balaban J connectivity index is 1.63. The van der Waals surface area contributed by atoms with Gasteiger partial charge in [0.25, 0.3) is 5.91 Å². The summed E-state index contributed by atoms with van der Waals surface area (Å²) in [5.74, 6) is 0.209. The van der Waals surface area contributed by atoms with Gasteiger partial charge in [-0.25, -0.2) is 19.3 Å². The van der Waals surface area contributed by atoms with Crippen molar-refractivity contribution in [2.75, 3.05) is 35.7 Å². The molecule has 0 aliphatic carbocycles. The Kier molecular flexibility index (Phi) is 6.71. The normalized spacial score (nSPS) is 13.7. The van der Waals surface area contributed by atoms with E-state index in [0.29, 0.717) is 28.6 Å². The van der Waals surface area contributed by atoms with Crippen molar-refractivity contribution in [1.82, 2.24) is 20.3 Å². The highest BCUT2D eigenvalue weighted by Crippen LogP contribution is 2.28. The van der Waals surface area contributed by atoms with Crippen LogP contribution in [0.3, 0.4) is 0 Å². The zero-order valence-electron chi connectivity index (χ0n) is 18.0. The zero-order chi connectivity index (χ0) is 23.2. The number of carbonyl (C=O) groups is 1. The standard InChI is InChI=1S/C23H23FN8O/c1-32(18-6-8-26-9-7-18)20-10-21(31-22-14-27-17(11-25)12-28-22)29-13-19(20)23(33)30-16-4-2-15(24)3-5-16/h2-5,10,12-14,18,26H,6-9H2,1H3,(H,30,33)(H,28,29,31). The maximum Gasteiger partial charge on any atom is 0.259 e. The molecule has 10 heteroatoms. The third-order valence-corrected chi connectivity index (χ3v) is 5.49. The molecule has 0 spiro atoms. The summed E-state index contributed by atoms with van der Waals surface area (Å²) in [6, 6.07) is 9.59. The van der Waals surface area contributed by atoms with Crippen LogP contribution in [-0.4, -0.2) is 47.0 Å². The molecular weight excluding hydrogens is 423 g/mol. The van der Waals surface area contributed by atoms with Gasteiger partial charge < -0.3 is 20.9 Å². The van der Waals surface area contributed by atoms with Crippen molar-refractivity contribution in [3.05, 3.63) is 66.0 Å². The Morgan fingerprint density at radius 1 is 1.12 bits per heavy atom. The molecule has 33 heavy (non-hydrogen) atoms. The fourth-order valence-electron chi connectivity index (χ4n) is 3.68. The summed E-state index contributed by atoms with van der Waals surface area (Å²) in [7, 11) is 1.96. The number of rotatable bonds is 6. The van der Waals surface area contributed by atoms with E-state index < -0.39 is 0 Å². The van der Waals surface area contributed by atoms with Gasteiger partial charge in [-0.2, -0.15) is 5.26 Å². The van der Waals surface area contributed by atoms with Crippen LogP contribution in [0.15, 0.2) is 48.9 Å². The van der Waals surface area contributed by atoms with E-state index in [1.165, 1.54) is 42.9 Å². The maximum absolute atomic E-state index is 13.2. The fourth-order valence-corrected chi connectivity index (χ4v) is 3.68. The molecule has 0 atom stereocenters. The minimum absolute atomic E-state index is 0.215. The quantitative estimate of drug-likeness (QED) is 0.529. The number of halogens is 1. The molecule has 1 saturated heterocycles. The molecule has 3 N–H and O–H groups in total. The van der Waals surface area contributed by atoms with E-state index in [1.54, 1.807) is 6.07 Å². The van der Waals surface area contributed by atoms with Crippen molar-refractivity contribution in [2.24, 2.45) is 0 Å². The number of benzene rings is 1. The summed E-state index contributed by atoms with van der Waals surface area (Å²) in [6.07, 6.45) is 6.22. The number of carbonyl (C=O) groups excluding carboxylic acids is 1. The van der Waals surface area contributed by atoms with Gasteiger partial charge in [-0.15, -0.1) is 0 Å². The van der Waals surface area contributed by atoms with Crippen molar-refractivity contribution in [3.8, 4) is 6.07 Å². The number of aromatic nitrogens is 3. The highest BCUT2D eigenvalue weighted by Gasteiger charge is 2.23. The summed E-state index contributed by atoms with van der Waals surface area (Å²) in [5.41, 5.74) is 1.82. The third kappa shape index (κ3) is 5.39. The average Bonchev–Trinajstić information content (AvgIpc) is 2.86. The van der Waals surface area contributed by atoms with Gasteiger partial charge in [-0.1, -0.05) is 0 Å². The Morgan fingerprint density at radius 3 is 2.52 bits per heavy atom. The molecule has 9 nitrogen and oxygen atoms in total. The van der Waals surface area contributed by atoms with Gasteiger partial charge in [0.15, 0.2) is 5.69 Å². The smallest absolute Gasteiger partial charge is 0.259 e. The molecule has 3 heterocycles. The fraction of sp³-hybridized carbons (Fsp3) is 0.261. The molecule has 2 aromatic heterocycles. The Hall–Kier alpha value is -4.10. The van der Waals surface area contributed by atoms with E-state index in [9.17, 15) is 9.18 Å². The second-order valence-corrected chi connectivity index (χ2v) is 7.66. The number of hydrogen-bond acceptors (Lipinski definition) is 8. The first-order valence-electron chi connectivity index (χ1n) is 10.5. The lowest BCUT2D eigenvalue weighted by Crippen LogP contribution is -2.41. The molecule has 1 amide bonds. The van der Waals surface area contributed by atoms with Gasteiger partial charge in [0.2, 0.25) is 0 Å². The van der Waals surface area contributed by atoms with E-state index in [0.717, 1.165) is 25.9 Å². The molecule has 0 saturated carbocycles. The topological polar surface area (TPSA) is 119 Å². The third-order valence-electron chi connectivity index (χ3n) is 5.49. The van der Waals surface area contributed by atoms with E-state index in [4.69, 9.17) is 5.26 Å². The maximum atomic E-state index is 13.2. The molecule has 0 bridgehead atoms. The van der Waals surface area contributed by atoms with Gasteiger partial charge in [-0.05, 0) is 50.2 Å². The Bertz CT molecular complexity index is 1150. The first-order chi connectivity index (χ1) is 16.0. The first-order valence-corrected chi connectivity index (χ1v) is 10.5. The molecule has 1 aromatic carbocycles. The number of nitrogens with one attached hydrogen (secondary N) is 3. The van der Waals surface area contributed by atoms with Crippen LogP contribution in [0.5, 0.6) is 0 Å². The van der Waals surface area contributed by atoms with Crippen LogP contribution in [0.2, 0.25) is 0 Å². The summed E-state index contributed by atoms with van der Waals surface area (Å²) < 4.78 is 13.2. The van der Waals surface area contributed by atoms with Crippen LogP contribution in [0.25, 0.3) is 0 Å². The SMILES string of the molecule is CN(c1cc(Nc2cnc(C#N)cn2)ncc1C(=O)Nc1ccc(F)cc1)C1CCNCC1. The van der Waals surface area contributed by atoms with Crippen LogP contribution in [-0.2, 0) is 0 Å². The zero-order valence-corrected chi connectivity index (χ0v) is 18.0. The molecule has 0 unspecified atom stereocenters. The average molecular weight is 446 g/mol. The van der Waals surface area contributed by atoms with E-state index >= 15 is 0 Å². The number of anilines is 4. The Morgan fingerprint density at radius 2 is 1.85 bits per heavy atom. The van der Waals surface area contributed by atoms with E-state index in [-0.39, 0.29) is 23.5 Å². The molecule has 1 aliphatic heterocycles. The van der Waals surface area contributed by atoms with Crippen molar-refractivity contribution < 1.29 is 9.18 Å². The number of pyridine rings is 1. The van der Waals surface area contributed by atoms with Crippen molar-refractivity contribution in [3.63, 3.8) is 0 Å². The predicted molar refractivity (Wildman–Crippen MR) is 123 cm³/mol. The monoisotopic (exact) mass is 446 g/mol. The van der Waals surface area contributed by atoms with Crippen LogP contribution in [0.4, 0.5) is 27.4 Å². The van der Waals surface area contributed by atoms with E-state index in [2.05, 4.69) is 35.8 Å². The highest BCUT2D eigenvalue weighted by atomic mass is 19.1. The lowest BCUT2D eigenvalue weighted by Gasteiger charge is -2.34. The molecule has 4 rings (SSSR count). The second-order valence-electron chi connectivity index (χ2n) is 7.66. The predicted octanol–water partition coefficient (Wildman–Crippen LogP) is 3.07. The van der Waals surface area contributed by atoms with Gasteiger partial charge >= 0.3 is 0 Å². The first kappa shape index (κ1) is 22.1. The summed E-state index contributed by atoms with van der Waals surface area (Å²) in [5, 5.41) is 18.1. The van der Waals surface area contributed by atoms with Gasteiger partial charge in [0.05, 0.1) is 23.6 Å². The molecule has 1 fully saturated rings. The van der Waals surface area contributed by atoms with E-state index in [1.807, 2.05) is 13.1 Å². The molecule has 0 radical (unpaired) electrons. The van der Waals surface area contributed by atoms with Crippen LogP contribution < -0.4 is 20.9 Å². The number of nitriles is 1. The van der Waals surface area contributed by atoms with Gasteiger partial charge in [0.1, 0.15) is 23.5 Å².